The molecule has 0 aromatic carbocycles. The van der Waals surface area contributed by atoms with E-state index in [1.54, 1.807) is 0 Å². The van der Waals surface area contributed by atoms with E-state index in [4.69, 9.17) is 5.73 Å². The Hall–Kier alpha value is -0.570. The fourth-order valence-corrected chi connectivity index (χ4v) is 2.01. The van der Waals surface area contributed by atoms with E-state index in [1.807, 2.05) is 4.90 Å². The highest BCUT2D eigenvalue weighted by molar-refractivity contribution is 5.78. The standard InChI is InChI=1S/C11H20N2O/c1-9-2-6-13(7-3-9)10(14)8-11(12)4-5-11/h9H,2-8,12H2,1H3. The maximum Gasteiger partial charge on any atom is 0.224 e. The smallest absolute Gasteiger partial charge is 0.224 e. The molecule has 0 aromatic rings. The van der Waals surface area contributed by atoms with E-state index in [0.717, 1.165) is 44.7 Å². The molecule has 0 atom stereocenters. The van der Waals surface area contributed by atoms with Gasteiger partial charge in [0, 0.05) is 25.0 Å². The number of carbonyl (C=O) groups is 1. The Labute approximate surface area is 85.6 Å². The van der Waals surface area contributed by atoms with Crippen LogP contribution in [0.1, 0.15) is 39.0 Å². The van der Waals surface area contributed by atoms with E-state index in [-0.39, 0.29) is 11.4 Å². The minimum Gasteiger partial charge on any atom is -0.343 e. The monoisotopic (exact) mass is 196 g/mol. The molecule has 2 N–H and O–H groups in total. The molecule has 1 aliphatic carbocycles. The first-order chi connectivity index (χ1) is 6.59. The van der Waals surface area contributed by atoms with E-state index in [1.165, 1.54) is 0 Å². The van der Waals surface area contributed by atoms with Gasteiger partial charge in [-0.3, -0.25) is 4.79 Å². The van der Waals surface area contributed by atoms with Crippen LogP contribution in [0.15, 0.2) is 0 Å². The molecule has 2 fully saturated rings. The molecule has 0 spiro atoms. The van der Waals surface area contributed by atoms with E-state index in [9.17, 15) is 4.79 Å². The van der Waals surface area contributed by atoms with Gasteiger partial charge in [0.25, 0.3) is 0 Å². The van der Waals surface area contributed by atoms with Crippen LogP contribution in [0.25, 0.3) is 0 Å². The van der Waals surface area contributed by atoms with Crippen LogP contribution in [0.3, 0.4) is 0 Å². The summed E-state index contributed by atoms with van der Waals surface area (Å²) < 4.78 is 0. The minimum atomic E-state index is -0.125. The van der Waals surface area contributed by atoms with E-state index >= 15 is 0 Å². The Kier molecular flexibility index (Phi) is 2.52. The lowest BCUT2D eigenvalue weighted by Gasteiger charge is -2.31. The average Bonchev–Trinajstić information content (AvgIpc) is 2.84. The predicted octanol–water partition coefficient (Wildman–Crippen LogP) is 1.13. The Balaban J connectivity index is 1.80. The van der Waals surface area contributed by atoms with Crippen LogP contribution >= 0.6 is 0 Å². The van der Waals surface area contributed by atoms with Gasteiger partial charge in [-0.2, -0.15) is 0 Å². The number of nitrogens with two attached hydrogens (primary N) is 1. The number of rotatable bonds is 2. The van der Waals surface area contributed by atoms with Crippen LogP contribution in [0.5, 0.6) is 0 Å². The molecular weight excluding hydrogens is 176 g/mol. The third-order valence-electron chi connectivity index (χ3n) is 3.53. The lowest BCUT2D eigenvalue weighted by molar-refractivity contribution is -0.133. The van der Waals surface area contributed by atoms with Crippen LogP contribution in [0.4, 0.5) is 0 Å². The predicted molar refractivity (Wildman–Crippen MR) is 55.7 cm³/mol. The lowest BCUT2D eigenvalue weighted by atomic mass is 9.98. The number of piperidine rings is 1. The lowest BCUT2D eigenvalue weighted by Crippen LogP contribution is -2.41. The summed E-state index contributed by atoms with van der Waals surface area (Å²) in [6.07, 6.45) is 4.94. The van der Waals surface area contributed by atoms with Crippen molar-refractivity contribution < 1.29 is 4.79 Å². The Morgan fingerprint density at radius 3 is 2.50 bits per heavy atom. The van der Waals surface area contributed by atoms with Gasteiger partial charge >= 0.3 is 0 Å². The Morgan fingerprint density at radius 2 is 2.00 bits per heavy atom. The van der Waals surface area contributed by atoms with Gasteiger partial charge in [0.05, 0.1) is 0 Å². The molecule has 2 rings (SSSR count). The van der Waals surface area contributed by atoms with Gasteiger partial charge in [-0.05, 0) is 31.6 Å². The molecule has 80 valence electrons. The van der Waals surface area contributed by atoms with Crippen LogP contribution in [-0.2, 0) is 4.79 Å². The SMILES string of the molecule is CC1CCN(C(=O)CC2(N)CC2)CC1. The van der Waals surface area contributed by atoms with Crippen molar-refractivity contribution in [2.24, 2.45) is 11.7 Å². The molecule has 1 saturated heterocycles. The first kappa shape index (κ1) is 9.97. The van der Waals surface area contributed by atoms with Crippen molar-refractivity contribution in [2.45, 2.75) is 44.6 Å². The zero-order chi connectivity index (χ0) is 10.2. The maximum absolute atomic E-state index is 11.8. The van der Waals surface area contributed by atoms with Crippen molar-refractivity contribution >= 4 is 5.91 Å². The van der Waals surface area contributed by atoms with Gasteiger partial charge in [0.1, 0.15) is 0 Å². The van der Waals surface area contributed by atoms with Gasteiger partial charge in [-0.1, -0.05) is 6.92 Å². The summed E-state index contributed by atoms with van der Waals surface area (Å²) in [6.45, 7) is 4.14. The summed E-state index contributed by atoms with van der Waals surface area (Å²) in [5.41, 5.74) is 5.81. The topological polar surface area (TPSA) is 46.3 Å². The highest BCUT2D eigenvalue weighted by Crippen LogP contribution is 2.36. The summed E-state index contributed by atoms with van der Waals surface area (Å²) >= 11 is 0. The van der Waals surface area contributed by atoms with E-state index in [2.05, 4.69) is 6.92 Å². The van der Waals surface area contributed by atoms with Crippen molar-refractivity contribution in [2.75, 3.05) is 13.1 Å². The Morgan fingerprint density at radius 1 is 1.43 bits per heavy atom. The molecule has 14 heavy (non-hydrogen) atoms. The first-order valence-electron chi connectivity index (χ1n) is 5.66. The quantitative estimate of drug-likeness (QED) is 0.719. The molecule has 1 amide bonds. The van der Waals surface area contributed by atoms with E-state index < -0.39 is 0 Å². The normalized spacial score (nSPS) is 26.3. The fraction of sp³-hybridized carbons (Fsp3) is 0.909. The van der Waals surface area contributed by atoms with Crippen LogP contribution in [0, 0.1) is 5.92 Å². The minimum absolute atomic E-state index is 0.125. The summed E-state index contributed by atoms with van der Waals surface area (Å²) in [7, 11) is 0. The summed E-state index contributed by atoms with van der Waals surface area (Å²) in [6, 6.07) is 0. The second-order valence-electron chi connectivity index (χ2n) is 5.10. The summed E-state index contributed by atoms with van der Waals surface area (Å²) in [5, 5.41) is 0. The molecular formula is C11H20N2O. The molecule has 1 aliphatic heterocycles. The van der Waals surface area contributed by atoms with Crippen LogP contribution < -0.4 is 5.73 Å². The zero-order valence-electron chi connectivity index (χ0n) is 8.96. The number of hydrogen-bond donors (Lipinski definition) is 1. The van der Waals surface area contributed by atoms with Gasteiger partial charge in [-0.15, -0.1) is 0 Å². The van der Waals surface area contributed by atoms with Crippen molar-refractivity contribution in [3.05, 3.63) is 0 Å². The molecule has 0 bridgehead atoms. The molecule has 0 aromatic heterocycles. The molecule has 3 nitrogen and oxygen atoms in total. The molecule has 0 unspecified atom stereocenters. The number of likely N-dealkylation sites (tertiary alicyclic amines) is 1. The first-order valence-corrected chi connectivity index (χ1v) is 5.66. The van der Waals surface area contributed by atoms with Crippen molar-refractivity contribution in [3.8, 4) is 0 Å². The number of hydrogen-bond acceptors (Lipinski definition) is 2. The van der Waals surface area contributed by atoms with Crippen LogP contribution in [-0.4, -0.2) is 29.4 Å². The van der Waals surface area contributed by atoms with E-state index in [0.29, 0.717) is 6.42 Å². The summed E-state index contributed by atoms with van der Waals surface area (Å²) in [5.74, 6) is 1.06. The largest absolute Gasteiger partial charge is 0.343 e. The van der Waals surface area contributed by atoms with Gasteiger partial charge in [0.15, 0.2) is 0 Å². The van der Waals surface area contributed by atoms with Crippen molar-refractivity contribution in [3.63, 3.8) is 0 Å². The second kappa shape index (κ2) is 3.54. The zero-order valence-corrected chi connectivity index (χ0v) is 8.96. The molecule has 1 heterocycles. The fourth-order valence-electron chi connectivity index (χ4n) is 2.01. The number of nitrogens with zero attached hydrogens (tertiary/aromatic N) is 1. The average molecular weight is 196 g/mol. The molecule has 3 heteroatoms. The third-order valence-corrected chi connectivity index (χ3v) is 3.53. The second-order valence-corrected chi connectivity index (χ2v) is 5.10. The van der Waals surface area contributed by atoms with Gasteiger partial charge in [-0.25, -0.2) is 0 Å². The number of amides is 1. The van der Waals surface area contributed by atoms with Crippen LogP contribution in [0.2, 0.25) is 0 Å². The molecule has 2 aliphatic rings. The highest BCUT2D eigenvalue weighted by Gasteiger charge is 2.41. The van der Waals surface area contributed by atoms with Gasteiger partial charge in [0.2, 0.25) is 5.91 Å². The highest BCUT2D eigenvalue weighted by atomic mass is 16.2. The molecule has 0 radical (unpaired) electrons. The van der Waals surface area contributed by atoms with Gasteiger partial charge < -0.3 is 10.6 Å². The van der Waals surface area contributed by atoms with Crippen molar-refractivity contribution in [1.82, 2.24) is 4.90 Å². The number of carbonyl (C=O) groups excluding carboxylic acids is 1. The Bertz CT molecular complexity index is 227. The third kappa shape index (κ3) is 2.27. The maximum atomic E-state index is 11.8. The summed E-state index contributed by atoms with van der Waals surface area (Å²) in [4.78, 5) is 13.8. The van der Waals surface area contributed by atoms with Crippen molar-refractivity contribution in [1.29, 1.82) is 0 Å². The molecule has 1 saturated carbocycles.